The van der Waals surface area contributed by atoms with Gasteiger partial charge in [-0.05, 0) is 31.0 Å². The standard InChI is InChI=1S/C24H26N4O5S/c29-22(11-16-13-34-24-26-18-4-2-1-3-17(18)23(30)28(16)24)25-12-15-10-20(33-27-15)14-5-6-19-21(9-14)32-8-7-31-19/h5-6,9-10,16-18H,1-4,7-8,11-13H2,(H,25,29). The Balaban J connectivity index is 1.06. The van der Waals surface area contributed by atoms with E-state index in [2.05, 4.69) is 10.5 Å². The number of hydrogen-bond acceptors (Lipinski definition) is 8. The largest absolute Gasteiger partial charge is 0.486 e. The molecule has 1 aromatic heterocycles. The molecule has 2 fully saturated rings. The summed E-state index contributed by atoms with van der Waals surface area (Å²) in [7, 11) is 0. The molecule has 9 nitrogen and oxygen atoms in total. The number of hydrogen-bond donors (Lipinski definition) is 1. The van der Waals surface area contributed by atoms with E-state index in [0.29, 0.717) is 41.9 Å². The van der Waals surface area contributed by atoms with Gasteiger partial charge in [0, 0.05) is 23.8 Å². The van der Waals surface area contributed by atoms with Crippen LogP contribution in [0.5, 0.6) is 11.5 Å². The Labute approximate surface area is 201 Å². The molecule has 6 rings (SSSR count). The van der Waals surface area contributed by atoms with Crippen molar-refractivity contribution in [1.82, 2.24) is 15.4 Å². The van der Waals surface area contributed by atoms with E-state index < -0.39 is 0 Å². The Bertz CT molecular complexity index is 1150. The summed E-state index contributed by atoms with van der Waals surface area (Å²) < 4.78 is 16.7. The fraction of sp³-hybridized carbons (Fsp3) is 0.500. The summed E-state index contributed by atoms with van der Waals surface area (Å²) in [6.45, 7) is 1.31. The van der Waals surface area contributed by atoms with E-state index in [1.807, 2.05) is 18.2 Å². The molecule has 3 atom stereocenters. The molecule has 3 unspecified atom stereocenters. The molecule has 1 saturated carbocycles. The van der Waals surface area contributed by atoms with Gasteiger partial charge in [0.25, 0.3) is 0 Å². The molecule has 1 N–H and O–H groups in total. The molecule has 1 saturated heterocycles. The van der Waals surface area contributed by atoms with Crippen molar-refractivity contribution >= 4 is 28.7 Å². The molecule has 4 aliphatic rings. The minimum atomic E-state index is -0.148. The zero-order valence-corrected chi connectivity index (χ0v) is 19.5. The number of nitrogens with one attached hydrogen (secondary N) is 1. The van der Waals surface area contributed by atoms with Crippen LogP contribution in [0, 0.1) is 5.92 Å². The first kappa shape index (κ1) is 21.5. The summed E-state index contributed by atoms with van der Waals surface area (Å²) in [6.07, 6.45) is 4.36. The first-order chi connectivity index (χ1) is 16.7. The molecule has 178 valence electrons. The highest BCUT2D eigenvalue weighted by Gasteiger charge is 2.45. The van der Waals surface area contributed by atoms with Gasteiger partial charge in [-0.2, -0.15) is 0 Å². The van der Waals surface area contributed by atoms with Crippen molar-refractivity contribution < 1.29 is 23.6 Å². The molecule has 10 heteroatoms. The molecule has 2 amide bonds. The molecular formula is C24H26N4O5S. The maximum absolute atomic E-state index is 13.1. The first-order valence-electron chi connectivity index (χ1n) is 11.8. The van der Waals surface area contributed by atoms with E-state index in [0.717, 1.165) is 36.4 Å². The average Bonchev–Trinajstić information content (AvgIpc) is 3.50. The average molecular weight is 483 g/mol. The van der Waals surface area contributed by atoms with Gasteiger partial charge in [0.05, 0.1) is 24.5 Å². The summed E-state index contributed by atoms with van der Waals surface area (Å²) in [6, 6.07) is 7.38. The van der Waals surface area contributed by atoms with Crippen LogP contribution in [-0.2, 0) is 16.1 Å². The van der Waals surface area contributed by atoms with E-state index in [1.54, 1.807) is 22.7 Å². The van der Waals surface area contributed by atoms with Crippen LogP contribution < -0.4 is 14.8 Å². The minimum Gasteiger partial charge on any atom is -0.486 e. The van der Waals surface area contributed by atoms with Crippen LogP contribution in [0.1, 0.15) is 37.8 Å². The molecule has 0 radical (unpaired) electrons. The monoisotopic (exact) mass is 482 g/mol. The topological polar surface area (TPSA) is 106 Å². The highest BCUT2D eigenvalue weighted by molar-refractivity contribution is 8.14. The van der Waals surface area contributed by atoms with Gasteiger partial charge >= 0.3 is 0 Å². The summed E-state index contributed by atoms with van der Waals surface area (Å²) in [5, 5.41) is 7.79. The van der Waals surface area contributed by atoms with E-state index in [9.17, 15) is 9.59 Å². The number of nitrogens with zero attached hydrogens (tertiary/aromatic N) is 3. The molecule has 1 aliphatic carbocycles. The lowest BCUT2D eigenvalue weighted by molar-refractivity contribution is -0.135. The number of carbonyl (C=O) groups is 2. The summed E-state index contributed by atoms with van der Waals surface area (Å²) in [5.41, 5.74) is 1.45. The highest BCUT2D eigenvalue weighted by atomic mass is 32.2. The van der Waals surface area contributed by atoms with Crippen molar-refractivity contribution in [3.8, 4) is 22.8 Å². The predicted octanol–water partition coefficient (Wildman–Crippen LogP) is 2.99. The molecular weight excluding hydrogens is 456 g/mol. The van der Waals surface area contributed by atoms with Gasteiger partial charge < -0.3 is 19.3 Å². The van der Waals surface area contributed by atoms with Gasteiger partial charge in [-0.3, -0.25) is 19.5 Å². The predicted molar refractivity (Wildman–Crippen MR) is 126 cm³/mol. The smallest absolute Gasteiger partial charge is 0.234 e. The highest BCUT2D eigenvalue weighted by Crippen LogP contribution is 2.39. The number of ether oxygens (including phenoxy) is 2. The van der Waals surface area contributed by atoms with Crippen LogP contribution in [0.4, 0.5) is 0 Å². The van der Waals surface area contributed by atoms with Crippen molar-refractivity contribution in [2.45, 2.75) is 50.7 Å². The van der Waals surface area contributed by atoms with Gasteiger partial charge in [0.1, 0.15) is 18.9 Å². The van der Waals surface area contributed by atoms with Crippen LogP contribution in [0.3, 0.4) is 0 Å². The summed E-state index contributed by atoms with van der Waals surface area (Å²) >= 11 is 1.59. The molecule has 4 heterocycles. The van der Waals surface area contributed by atoms with Gasteiger partial charge in [0.2, 0.25) is 11.8 Å². The Hall–Kier alpha value is -3.01. The summed E-state index contributed by atoms with van der Waals surface area (Å²) in [4.78, 5) is 32.4. The number of fused-ring (bicyclic) bond motifs is 3. The first-order valence-corrected chi connectivity index (χ1v) is 12.8. The summed E-state index contributed by atoms with van der Waals surface area (Å²) in [5.74, 6) is 2.71. The number of aliphatic imine (C=N–C) groups is 1. The molecule has 0 spiro atoms. The number of thioether (sulfide) groups is 1. The number of benzene rings is 1. The van der Waals surface area contributed by atoms with E-state index in [1.165, 1.54) is 0 Å². The maximum atomic E-state index is 13.1. The Morgan fingerprint density at radius 3 is 2.91 bits per heavy atom. The lowest BCUT2D eigenvalue weighted by Crippen LogP contribution is -2.51. The van der Waals surface area contributed by atoms with Crippen molar-refractivity contribution in [1.29, 1.82) is 0 Å². The van der Waals surface area contributed by atoms with Crippen LogP contribution in [0.25, 0.3) is 11.3 Å². The Morgan fingerprint density at radius 1 is 1.15 bits per heavy atom. The fourth-order valence-electron chi connectivity index (χ4n) is 5.07. The minimum absolute atomic E-state index is 0.0177. The third-order valence-electron chi connectivity index (χ3n) is 6.81. The zero-order valence-electron chi connectivity index (χ0n) is 18.7. The molecule has 2 aromatic rings. The fourth-order valence-corrected chi connectivity index (χ4v) is 6.27. The lowest BCUT2D eigenvalue weighted by Gasteiger charge is -2.37. The number of amidine groups is 1. The normalized spacial score (nSPS) is 25.4. The Kier molecular flexibility index (Phi) is 5.68. The lowest BCUT2D eigenvalue weighted by atomic mass is 9.83. The molecule has 3 aliphatic heterocycles. The van der Waals surface area contributed by atoms with Gasteiger partial charge in [-0.15, -0.1) is 0 Å². The molecule has 34 heavy (non-hydrogen) atoms. The third-order valence-corrected chi connectivity index (χ3v) is 7.92. The van der Waals surface area contributed by atoms with Crippen LogP contribution in [0.15, 0.2) is 33.8 Å². The van der Waals surface area contributed by atoms with Crippen molar-refractivity contribution in [3.05, 3.63) is 30.0 Å². The van der Waals surface area contributed by atoms with E-state index >= 15 is 0 Å². The quantitative estimate of drug-likeness (QED) is 0.698. The second kappa shape index (κ2) is 8.98. The van der Waals surface area contributed by atoms with Crippen molar-refractivity contribution in [3.63, 3.8) is 0 Å². The van der Waals surface area contributed by atoms with Gasteiger partial charge in [-0.25, -0.2) is 0 Å². The van der Waals surface area contributed by atoms with Gasteiger partial charge in [-0.1, -0.05) is 29.8 Å². The third kappa shape index (κ3) is 4.04. The van der Waals surface area contributed by atoms with Crippen molar-refractivity contribution in [2.75, 3.05) is 19.0 Å². The van der Waals surface area contributed by atoms with Crippen molar-refractivity contribution in [2.24, 2.45) is 10.9 Å². The number of carbonyl (C=O) groups excluding carboxylic acids is 2. The molecule has 1 aromatic carbocycles. The number of aromatic nitrogens is 1. The van der Waals surface area contributed by atoms with E-state index in [-0.39, 0.29) is 42.8 Å². The number of rotatable bonds is 5. The Morgan fingerprint density at radius 2 is 2.00 bits per heavy atom. The second-order valence-electron chi connectivity index (χ2n) is 9.06. The van der Waals surface area contributed by atoms with Crippen LogP contribution in [-0.4, -0.2) is 58.1 Å². The van der Waals surface area contributed by atoms with Gasteiger partial charge in [0.15, 0.2) is 22.4 Å². The van der Waals surface area contributed by atoms with Crippen LogP contribution >= 0.6 is 11.8 Å². The zero-order chi connectivity index (χ0) is 23.1. The van der Waals surface area contributed by atoms with Crippen LogP contribution in [0.2, 0.25) is 0 Å². The number of amides is 2. The maximum Gasteiger partial charge on any atom is 0.234 e. The van der Waals surface area contributed by atoms with E-state index in [4.69, 9.17) is 19.0 Å². The second-order valence-corrected chi connectivity index (χ2v) is 10.1. The molecule has 0 bridgehead atoms. The SMILES string of the molecule is O=C(CC1CSC2=NC3CCCCC3C(=O)N21)NCc1cc(-c2ccc3c(c2)OCCO3)on1.